The monoisotopic (exact) mass is 228 g/mol. The zero-order valence-corrected chi connectivity index (χ0v) is 11.5. The van der Waals surface area contributed by atoms with E-state index in [-0.39, 0.29) is 0 Å². The van der Waals surface area contributed by atoms with Crippen molar-refractivity contribution in [3.05, 3.63) is 0 Å². The second-order valence-corrected chi connectivity index (χ2v) is 8.73. The van der Waals surface area contributed by atoms with Gasteiger partial charge in [-0.2, -0.15) is 0 Å². The van der Waals surface area contributed by atoms with E-state index in [4.69, 9.17) is 8.85 Å². The lowest BCUT2D eigenvalue weighted by Gasteiger charge is -2.31. The highest BCUT2D eigenvalue weighted by Crippen LogP contribution is 2.64. The number of rotatable bonds is 6. The highest BCUT2D eigenvalue weighted by Gasteiger charge is 2.65. The van der Waals surface area contributed by atoms with Gasteiger partial charge in [0.2, 0.25) is 0 Å². The normalized spacial score (nSPS) is 39.2. The van der Waals surface area contributed by atoms with Gasteiger partial charge in [0.1, 0.15) is 0 Å². The van der Waals surface area contributed by atoms with Gasteiger partial charge < -0.3 is 8.85 Å². The fourth-order valence-electron chi connectivity index (χ4n) is 2.96. The Morgan fingerprint density at radius 3 is 1.47 bits per heavy atom. The van der Waals surface area contributed by atoms with Gasteiger partial charge >= 0.3 is 8.56 Å². The molecule has 0 spiro atoms. The van der Waals surface area contributed by atoms with Crippen LogP contribution < -0.4 is 0 Å². The Bertz CT molecular complexity index is 208. The van der Waals surface area contributed by atoms with E-state index in [2.05, 4.69) is 27.7 Å². The van der Waals surface area contributed by atoms with Crippen LogP contribution >= 0.6 is 0 Å². The molecule has 0 aromatic carbocycles. The van der Waals surface area contributed by atoms with Crippen molar-refractivity contribution in [2.24, 2.45) is 11.8 Å². The van der Waals surface area contributed by atoms with Crippen molar-refractivity contribution >= 4 is 8.56 Å². The van der Waals surface area contributed by atoms with E-state index in [1.54, 1.807) is 0 Å². The smallest absolute Gasteiger partial charge is 0.345 e. The van der Waals surface area contributed by atoms with Crippen LogP contribution in [0.1, 0.15) is 40.5 Å². The Hall–Kier alpha value is 0.137. The van der Waals surface area contributed by atoms with Gasteiger partial charge in [0.25, 0.3) is 0 Å². The lowest BCUT2D eigenvalue weighted by molar-refractivity contribution is 0.176. The van der Waals surface area contributed by atoms with E-state index < -0.39 is 8.56 Å². The Morgan fingerprint density at radius 1 is 0.933 bits per heavy atom. The third-order valence-electron chi connectivity index (χ3n) is 3.99. The van der Waals surface area contributed by atoms with Crippen molar-refractivity contribution in [3.63, 3.8) is 0 Å². The van der Waals surface area contributed by atoms with Crippen LogP contribution in [0.4, 0.5) is 0 Å². The average Bonchev–Trinajstić information content (AvgIpc) is 3.05. The molecule has 2 nitrogen and oxygen atoms in total. The summed E-state index contributed by atoms with van der Waals surface area (Å²) in [6, 6.07) is 0. The van der Waals surface area contributed by atoms with Crippen LogP contribution in [0.3, 0.4) is 0 Å². The quantitative estimate of drug-likeness (QED) is 0.649. The molecule has 2 aliphatic rings. The van der Waals surface area contributed by atoms with Crippen molar-refractivity contribution < 1.29 is 8.85 Å². The molecule has 2 rings (SSSR count). The summed E-state index contributed by atoms with van der Waals surface area (Å²) in [7, 11) is -1.85. The van der Waals surface area contributed by atoms with Gasteiger partial charge in [-0.25, -0.2) is 0 Å². The van der Waals surface area contributed by atoms with Crippen LogP contribution in [0, 0.1) is 11.8 Å². The van der Waals surface area contributed by atoms with E-state index >= 15 is 0 Å². The van der Waals surface area contributed by atoms with Crippen LogP contribution in [-0.2, 0) is 8.85 Å². The van der Waals surface area contributed by atoms with Crippen LogP contribution in [0.15, 0.2) is 0 Å². The first kappa shape index (κ1) is 11.6. The van der Waals surface area contributed by atoms with Crippen molar-refractivity contribution in [3.8, 4) is 0 Å². The molecule has 0 bridgehead atoms. The second kappa shape index (κ2) is 4.19. The summed E-state index contributed by atoms with van der Waals surface area (Å²) in [6.07, 6.45) is 2.69. The molecule has 88 valence electrons. The minimum Gasteiger partial charge on any atom is -0.394 e. The Balaban J connectivity index is 2.10. The van der Waals surface area contributed by atoms with Gasteiger partial charge in [-0.05, 0) is 38.5 Å². The summed E-state index contributed by atoms with van der Waals surface area (Å²) in [5.74, 6) is 1.70. The Morgan fingerprint density at radius 2 is 1.27 bits per heavy atom. The van der Waals surface area contributed by atoms with Crippen molar-refractivity contribution in [2.45, 2.75) is 51.6 Å². The topological polar surface area (TPSA) is 18.5 Å². The first-order valence-electron chi connectivity index (χ1n) is 6.43. The fraction of sp³-hybridized carbons (Fsp3) is 1.00. The van der Waals surface area contributed by atoms with Crippen molar-refractivity contribution in [2.75, 3.05) is 13.2 Å². The number of hydrogen-bond donors (Lipinski definition) is 0. The molecule has 0 heterocycles. The van der Waals surface area contributed by atoms with Gasteiger partial charge in [-0.15, -0.1) is 0 Å². The minimum absolute atomic E-state index is 0.785. The maximum atomic E-state index is 6.18. The molecule has 0 saturated heterocycles. The first-order valence-corrected chi connectivity index (χ1v) is 8.40. The molecule has 2 aliphatic carbocycles. The lowest BCUT2D eigenvalue weighted by Crippen LogP contribution is -2.44. The van der Waals surface area contributed by atoms with E-state index in [1.165, 1.54) is 12.8 Å². The molecule has 0 aliphatic heterocycles. The summed E-state index contributed by atoms with van der Waals surface area (Å²) in [5.41, 5.74) is 1.57. The van der Waals surface area contributed by atoms with Crippen LogP contribution in [0.25, 0.3) is 0 Å². The van der Waals surface area contributed by atoms with E-state index in [9.17, 15) is 0 Å². The standard InChI is InChI=1S/C12H24O2Si/c1-5-13-15(14-6-2,11-7-9(11)3)12-8-10(12)4/h9-12H,5-8H2,1-4H3. The largest absolute Gasteiger partial charge is 0.394 e. The third kappa shape index (κ3) is 2.02. The molecule has 3 heteroatoms. The van der Waals surface area contributed by atoms with Crippen LogP contribution in [0.5, 0.6) is 0 Å². The molecule has 0 aromatic heterocycles. The average molecular weight is 228 g/mol. The first-order chi connectivity index (χ1) is 7.15. The highest BCUT2D eigenvalue weighted by atomic mass is 28.4. The maximum Gasteiger partial charge on any atom is 0.345 e. The molecule has 0 N–H and O–H groups in total. The molecular weight excluding hydrogens is 204 g/mol. The van der Waals surface area contributed by atoms with Crippen molar-refractivity contribution in [1.82, 2.24) is 0 Å². The van der Waals surface area contributed by atoms with E-state index in [0.29, 0.717) is 0 Å². The summed E-state index contributed by atoms with van der Waals surface area (Å²) in [6.45, 7) is 10.6. The molecule has 2 fully saturated rings. The predicted molar refractivity (Wildman–Crippen MR) is 64.1 cm³/mol. The van der Waals surface area contributed by atoms with Gasteiger partial charge in [0.05, 0.1) is 0 Å². The molecule has 15 heavy (non-hydrogen) atoms. The van der Waals surface area contributed by atoms with Crippen LogP contribution in [0.2, 0.25) is 11.1 Å². The van der Waals surface area contributed by atoms with Crippen LogP contribution in [-0.4, -0.2) is 21.8 Å². The zero-order chi connectivity index (χ0) is 11.1. The summed E-state index contributed by atoms with van der Waals surface area (Å²) < 4.78 is 12.4. The lowest BCUT2D eigenvalue weighted by atomic mass is 10.5. The molecule has 4 atom stereocenters. The highest BCUT2D eigenvalue weighted by molar-refractivity contribution is 6.72. The summed E-state index contributed by atoms with van der Waals surface area (Å²) in [4.78, 5) is 0. The molecule has 0 amide bonds. The fourth-order valence-corrected chi connectivity index (χ4v) is 8.34. The van der Waals surface area contributed by atoms with Crippen molar-refractivity contribution in [1.29, 1.82) is 0 Å². The summed E-state index contributed by atoms with van der Waals surface area (Å²) in [5, 5.41) is 0. The van der Waals surface area contributed by atoms with E-state index in [0.717, 1.165) is 36.1 Å². The SMILES string of the molecule is CCO[Si](OCC)(C1CC1C)C1CC1C. The molecule has 4 unspecified atom stereocenters. The maximum absolute atomic E-state index is 6.18. The van der Waals surface area contributed by atoms with E-state index in [1.807, 2.05) is 0 Å². The van der Waals surface area contributed by atoms with Gasteiger partial charge in [0, 0.05) is 24.3 Å². The molecular formula is C12H24O2Si. The Kier molecular flexibility index (Phi) is 3.24. The number of hydrogen-bond acceptors (Lipinski definition) is 2. The van der Waals surface area contributed by atoms with Gasteiger partial charge in [-0.3, -0.25) is 0 Å². The molecule has 2 saturated carbocycles. The van der Waals surface area contributed by atoms with Gasteiger partial charge in [0.15, 0.2) is 0 Å². The molecule has 0 aromatic rings. The molecule has 0 radical (unpaired) electrons. The minimum atomic E-state index is -1.85. The predicted octanol–water partition coefficient (Wildman–Crippen LogP) is 3.32. The third-order valence-corrected chi connectivity index (χ3v) is 9.15. The second-order valence-electron chi connectivity index (χ2n) is 5.23. The summed E-state index contributed by atoms with van der Waals surface area (Å²) >= 11 is 0. The van der Waals surface area contributed by atoms with Gasteiger partial charge in [-0.1, -0.05) is 13.8 Å². The Labute approximate surface area is 94.6 Å². The zero-order valence-electron chi connectivity index (χ0n) is 10.5.